The third-order valence-corrected chi connectivity index (χ3v) is 3.82. The molecule has 1 heterocycles. The van der Waals surface area contributed by atoms with Gasteiger partial charge in [-0.15, -0.1) is 12.4 Å². The number of nitrogens with zero attached hydrogens (tertiary/aromatic N) is 1. The Labute approximate surface area is 104 Å². The van der Waals surface area contributed by atoms with Gasteiger partial charge in [0.25, 0.3) is 0 Å². The van der Waals surface area contributed by atoms with Crippen LogP contribution in [0.25, 0.3) is 0 Å². The zero-order valence-corrected chi connectivity index (χ0v) is 10.9. The second-order valence-electron chi connectivity index (χ2n) is 5.04. The lowest BCUT2D eigenvalue weighted by Crippen LogP contribution is -2.41. The highest BCUT2D eigenvalue weighted by Crippen LogP contribution is 2.27. The number of piperidine rings is 1. The summed E-state index contributed by atoms with van der Waals surface area (Å²) in [5.74, 6) is 1.46. The minimum absolute atomic E-state index is 0. The summed E-state index contributed by atoms with van der Waals surface area (Å²) in [5, 5.41) is 3.30. The molecule has 1 N–H and O–H groups in total. The lowest BCUT2D eigenvalue weighted by molar-refractivity contribution is -0.135. The molecular formula is C12H23ClN2O. The van der Waals surface area contributed by atoms with E-state index in [0.29, 0.717) is 5.91 Å². The van der Waals surface area contributed by atoms with E-state index in [-0.39, 0.29) is 18.3 Å². The normalized spacial score (nSPS) is 22.1. The summed E-state index contributed by atoms with van der Waals surface area (Å²) in [6, 6.07) is 0. The lowest BCUT2D eigenvalue weighted by Gasteiger charge is -2.33. The summed E-state index contributed by atoms with van der Waals surface area (Å²) in [4.78, 5) is 14.0. The molecule has 0 radical (unpaired) electrons. The molecule has 94 valence electrons. The van der Waals surface area contributed by atoms with E-state index in [4.69, 9.17) is 0 Å². The van der Waals surface area contributed by atoms with Crippen molar-refractivity contribution in [3.63, 3.8) is 0 Å². The second kappa shape index (κ2) is 6.45. The number of carbonyl (C=O) groups is 1. The number of hydrogen-bond acceptors (Lipinski definition) is 2. The first-order valence-corrected chi connectivity index (χ1v) is 6.23. The Morgan fingerprint density at radius 2 is 1.88 bits per heavy atom. The fraction of sp³-hybridized carbons (Fsp3) is 0.917. The summed E-state index contributed by atoms with van der Waals surface area (Å²) in [6.07, 6.45) is 6.05. The molecule has 2 aliphatic rings. The minimum atomic E-state index is 0. The molecule has 0 aromatic carbocycles. The average molecular weight is 247 g/mol. The van der Waals surface area contributed by atoms with Gasteiger partial charge in [-0.25, -0.2) is 0 Å². The number of carbonyl (C=O) groups excluding carboxylic acids is 1. The van der Waals surface area contributed by atoms with E-state index in [1.165, 1.54) is 19.3 Å². The smallest absolute Gasteiger partial charge is 0.225 e. The second-order valence-corrected chi connectivity index (χ2v) is 5.04. The fourth-order valence-electron chi connectivity index (χ4n) is 2.53. The summed E-state index contributed by atoms with van der Waals surface area (Å²) < 4.78 is 0. The van der Waals surface area contributed by atoms with Gasteiger partial charge >= 0.3 is 0 Å². The Morgan fingerprint density at radius 1 is 1.25 bits per heavy atom. The van der Waals surface area contributed by atoms with Gasteiger partial charge in [0.15, 0.2) is 0 Å². The first-order valence-electron chi connectivity index (χ1n) is 6.23. The van der Waals surface area contributed by atoms with Gasteiger partial charge < -0.3 is 10.2 Å². The van der Waals surface area contributed by atoms with Crippen LogP contribution >= 0.6 is 12.4 Å². The van der Waals surface area contributed by atoms with Gasteiger partial charge in [-0.05, 0) is 44.7 Å². The highest BCUT2D eigenvalue weighted by atomic mass is 35.5. The molecular weight excluding hydrogens is 224 g/mol. The van der Waals surface area contributed by atoms with E-state index in [0.717, 1.165) is 38.4 Å². The maximum Gasteiger partial charge on any atom is 0.225 e. The zero-order chi connectivity index (χ0) is 10.7. The van der Waals surface area contributed by atoms with Crippen molar-refractivity contribution in [1.82, 2.24) is 10.2 Å². The van der Waals surface area contributed by atoms with E-state index in [2.05, 4.69) is 5.32 Å². The van der Waals surface area contributed by atoms with Crippen LogP contribution in [-0.4, -0.2) is 37.5 Å². The van der Waals surface area contributed by atoms with Crippen molar-refractivity contribution in [3.8, 4) is 0 Å². The van der Waals surface area contributed by atoms with Gasteiger partial charge in [0.2, 0.25) is 5.91 Å². The van der Waals surface area contributed by atoms with Crippen LogP contribution in [0.1, 0.15) is 32.1 Å². The largest absolute Gasteiger partial charge is 0.345 e. The number of amides is 1. The summed E-state index contributed by atoms with van der Waals surface area (Å²) in [7, 11) is 1.97. The number of nitrogens with one attached hydrogen (secondary N) is 1. The molecule has 2 rings (SSSR count). The predicted octanol–water partition coefficient (Wildman–Crippen LogP) is 1.67. The van der Waals surface area contributed by atoms with E-state index in [1.54, 1.807) is 0 Å². The molecule has 0 unspecified atom stereocenters. The SMILES string of the molecule is CN(CC1CCC1)C(=O)C1CCNCC1.Cl. The average Bonchev–Trinajstić information content (AvgIpc) is 2.23. The van der Waals surface area contributed by atoms with E-state index >= 15 is 0 Å². The Balaban J connectivity index is 0.00000128. The Bertz CT molecular complexity index is 225. The molecule has 0 bridgehead atoms. The predicted molar refractivity (Wildman–Crippen MR) is 67.8 cm³/mol. The van der Waals surface area contributed by atoms with Gasteiger partial charge in [0, 0.05) is 19.5 Å². The van der Waals surface area contributed by atoms with Gasteiger partial charge in [0.1, 0.15) is 0 Å². The van der Waals surface area contributed by atoms with Crippen LogP contribution in [0.5, 0.6) is 0 Å². The van der Waals surface area contributed by atoms with E-state index < -0.39 is 0 Å². The monoisotopic (exact) mass is 246 g/mol. The Kier molecular flexibility index (Phi) is 5.56. The Hall–Kier alpha value is -0.280. The van der Waals surface area contributed by atoms with Gasteiger partial charge in [-0.3, -0.25) is 4.79 Å². The van der Waals surface area contributed by atoms with Gasteiger partial charge in [-0.2, -0.15) is 0 Å². The van der Waals surface area contributed by atoms with Crippen LogP contribution in [0.3, 0.4) is 0 Å². The van der Waals surface area contributed by atoms with Crippen LogP contribution < -0.4 is 5.32 Å². The quantitative estimate of drug-likeness (QED) is 0.822. The standard InChI is InChI=1S/C12H22N2O.ClH/c1-14(9-10-3-2-4-10)12(15)11-5-7-13-8-6-11;/h10-11,13H,2-9H2,1H3;1H. The molecule has 3 nitrogen and oxygen atoms in total. The van der Waals surface area contributed by atoms with Crippen molar-refractivity contribution in [2.75, 3.05) is 26.7 Å². The molecule has 1 amide bonds. The molecule has 1 aliphatic carbocycles. The van der Waals surface area contributed by atoms with Crippen LogP contribution in [0.2, 0.25) is 0 Å². The third kappa shape index (κ3) is 3.36. The summed E-state index contributed by atoms with van der Waals surface area (Å²) in [6.45, 7) is 3.00. The number of rotatable bonds is 3. The van der Waals surface area contributed by atoms with Crippen molar-refractivity contribution in [1.29, 1.82) is 0 Å². The van der Waals surface area contributed by atoms with E-state index in [1.807, 2.05) is 11.9 Å². The van der Waals surface area contributed by atoms with Crippen LogP contribution in [0.4, 0.5) is 0 Å². The molecule has 0 spiro atoms. The highest BCUT2D eigenvalue weighted by molar-refractivity contribution is 5.85. The minimum Gasteiger partial charge on any atom is -0.345 e. The summed E-state index contributed by atoms with van der Waals surface area (Å²) in [5.41, 5.74) is 0. The topological polar surface area (TPSA) is 32.3 Å². The zero-order valence-electron chi connectivity index (χ0n) is 10.1. The molecule has 0 atom stereocenters. The Morgan fingerprint density at radius 3 is 2.38 bits per heavy atom. The first-order chi connectivity index (χ1) is 7.27. The molecule has 16 heavy (non-hydrogen) atoms. The van der Waals surface area contributed by atoms with Crippen molar-refractivity contribution in [3.05, 3.63) is 0 Å². The molecule has 1 saturated heterocycles. The first kappa shape index (κ1) is 13.8. The molecule has 0 aromatic heterocycles. The number of halogens is 1. The van der Waals surface area contributed by atoms with Crippen molar-refractivity contribution >= 4 is 18.3 Å². The highest BCUT2D eigenvalue weighted by Gasteiger charge is 2.26. The maximum absolute atomic E-state index is 12.1. The molecule has 0 aromatic rings. The van der Waals surface area contributed by atoms with Crippen molar-refractivity contribution in [2.45, 2.75) is 32.1 Å². The number of hydrogen-bond donors (Lipinski definition) is 1. The maximum atomic E-state index is 12.1. The molecule has 2 fully saturated rings. The van der Waals surface area contributed by atoms with Gasteiger partial charge in [0.05, 0.1) is 0 Å². The fourth-order valence-corrected chi connectivity index (χ4v) is 2.53. The van der Waals surface area contributed by atoms with Crippen LogP contribution in [0, 0.1) is 11.8 Å². The molecule has 4 heteroatoms. The third-order valence-electron chi connectivity index (χ3n) is 3.82. The van der Waals surface area contributed by atoms with Crippen LogP contribution in [-0.2, 0) is 4.79 Å². The molecule has 1 saturated carbocycles. The van der Waals surface area contributed by atoms with Gasteiger partial charge in [-0.1, -0.05) is 6.42 Å². The summed E-state index contributed by atoms with van der Waals surface area (Å²) >= 11 is 0. The van der Waals surface area contributed by atoms with Crippen molar-refractivity contribution in [2.24, 2.45) is 11.8 Å². The van der Waals surface area contributed by atoms with Crippen LogP contribution in [0.15, 0.2) is 0 Å². The van der Waals surface area contributed by atoms with Crippen molar-refractivity contribution < 1.29 is 4.79 Å². The van der Waals surface area contributed by atoms with E-state index in [9.17, 15) is 4.79 Å². The lowest BCUT2D eigenvalue weighted by atomic mass is 9.85. The molecule has 1 aliphatic heterocycles.